The molecule has 1 amide bonds. The Kier molecular flexibility index (Phi) is 4.92. The van der Waals surface area contributed by atoms with Crippen molar-refractivity contribution < 1.29 is 4.79 Å². The van der Waals surface area contributed by atoms with E-state index in [1.54, 1.807) is 29.6 Å². The third kappa shape index (κ3) is 3.18. The summed E-state index contributed by atoms with van der Waals surface area (Å²) in [4.78, 5) is 14.7. The van der Waals surface area contributed by atoms with E-state index in [1.807, 2.05) is 13.8 Å². The second-order valence-electron chi connectivity index (χ2n) is 6.65. The van der Waals surface area contributed by atoms with Crippen LogP contribution in [0.3, 0.4) is 0 Å². The number of hydrogen-bond acceptors (Lipinski definition) is 4. The fourth-order valence-corrected chi connectivity index (χ4v) is 3.52. The molecule has 24 heavy (non-hydrogen) atoms. The molecule has 0 unspecified atom stereocenters. The molecule has 0 N–H and O–H groups in total. The minimum absolute atomic E-state index is 0.0292. The Balaban J connectivity index is 1.83. The van der Waals surface area contributed by atoms with Gasteiger partial charge in [-0.15, -0.1) is 0 Å². The van der Waals surface area contributed by atoms with Crippen molar-refractivity contribution >= 4 is 11.6 Å². The molecule has 1 aliphatic rings. The zero-order valence-electron chi connectivity index (χ0n) is 14.6. The lowest BCUT2D eigenvalue weighted by Gasteiger charge is -2.27. The first-order chi connectivity index (χ1) is 11.6. The highest BCUT2D eigenvalue weighted by atomic mass is 16.2. The van der Waals surface area contributed by atoms with Gasteiger partial charge in [0.05, 0.1) is 35.9 Å². The first-order valence-electron chi connectivity index (χ1n) is 8.74. The molecule has 1 fully saturated rings. The summed E-state index contributed by atoms with van der Waals surface area (Å²) < 4.78 is 2.05. The molecular formula is C18H25N5O. The van der Waals surface area contributed by atoms with Crippen LogP contribution >= 0.6 is 0 Å². The van der Waals surface area contributed by atoms with E-state index in [4.69, 9.17) is 0 Å². The highest BCUT2D eigenvalue weighted by Crippen LogP contribution is 2.32. The van der Waals surface area contributed by atoms with E-state index in [0.717, 1.165) is 30.1 Å². The van der Waals surface area contributed by atoms with Crippen molar-refractivity contribution in [3.05, 3.63) is 35.9 Å². The van der Waals surface area contributed by atoms with Crippen LogP contribution in [0, 0.1) is 12.8 Å². The Hall–Kier alpha value is -2.24. The normalized spacial score (nSPS) is 20.8. The van der Waals surface area contributed by atoms with Crippen LogP contribution in [0.4, 0.5) is 5.69 Å². The molecule has 128 valence electrons. The highest BCUT2D eigenvalue weighted by Gasteiger charge is 2.26. The molecule has 1 saturated carbocycles. The maximum Gasteiger partial charge on any atom is 0.261 e. The van der Waals surface area contributed by atoms with Gasteiger partial charge in [0, 0.05) is 12.2 Å². The predicted molar refractivity (Wildman–Crippen MR) is 93.0 cm³/mol. The predicted octanol–water partition coefficient (Wildman–Crippen LogP) is 3.40. The Morgan fingerprint density at radius 2 is 2.00 bits per heavy atom. The monoisotopic (exact) mass is 327 g/mol. The van der Waals surface area contributed by atoms with E-state index in [9.17, 15) is 4.79 Å². The van der Waals surface area contributed by atoms with Crippen LogP contribution in [0.1, 0.15) is 61.6 Å². The molecule has 6 heteroatoms. The van der Waals surface area contributed by atoms with Crippen molar-refractivity contribution in [1.29, 1.82) is 0 Å². The standard InChI is InChI=1S/C18H25N5O/c1-4-22(16-9-10-19-20-11-16)18(24)17-12-21-23(14(17)3)15-7-5-13(2)6-8-15/h9-13,15H,4-8H2,1-3H3. The second kappa shape index (κ2) is 7.11. The molecule has 2 heterocycles. The number of carbonyl (C=O) groups excluding carboxylic acids is 1. The van der Waals surface area contributed by atoms with Crippen LogP contribution in [-0.2, 0) is 0 Å². The molecule has 0 aliphatic heterocycles. The third-order valence-electron chi connectivity index (χ3n) is 5.05. The summed E-state index contributed by atoms with van der Waals surface area (Å²) in [5.74, 6) is 0.770. The van der Waals surface area contributed by atoms with Gasteiger partial charge in [-0.25, -0.2) is 0 Å². The number of rotatable bonds is 4. The maximum absolute atomic E-state index is 13.0. The lowest BCUT2D eigenvalue weighted by Crippen LogP contribution is -2.31. The number of aromatic nitrogens is 4. The minimum atomic E-state index is -0.0292. The van der Waals surface area contributed by atoms with E-state index in [2.05, 4.69) is 26.9 Å². The molecule has 0 aromatic carbocycles. The summed E-state index contributed by atoms with van der Waals surface area (Å²) in [7, 11) is 0. The van der Waals surface area contributed by atoms with Crippen molar-refractivity contribution in [2.24, 2.45) is 5.92 Å². The van der Waals surface area contributed by atoms with E-state index < -0.39 is 0 Å². The van der Waals surface area contributed by atoms with Crippen LogP contribution in [0.5, 0.6) is 0 Å². The van der Waals surface area contributed by atoms with Gasteiger partial charge in [0.15, 0.2) is 0 Å². The molecular weight excluding hydrogens is 302 g/mol. The average Bonchev–Trinajstić information content (AvgIpc) is 2.99. The first kappa shape index (κ1) is 16.6. The highest BCUT2D eigenvalue weighted by molar-refractivity contribution is 6.06. The molecule has 0 saturated heterocycles. The van der Waals surface area contributed by atoms with Gasteiger partial charge in [0.1, 0.15) is 0 Å². The van der Waals surface area contributed by atoms with Gasteiger partial charge in [-0.1, -0.05) is 6.92 Å². The maximum atomic E-state index is 13.0. The Labute approximate surface area is 142 Å². The van der Waals surface area contributed by atoms with Crippen molar-refractivity contribution in [3.8, 4) is 0 Å². The van der Waals surface area contributed by atoms with E-state index >= 15 is 0 Å². The van der Waals surface area contributed by atoms with E-state index in [1.165, 1.54) is 12.8 Å². The van der Waals surface area contributed by atoms with Gasteiger partial charge in [0.2, 0.25) is 0 Å². The molecule has 0 spiro atoms. The van der Waals surface area contributed by atoms with Gasteiger partial charge < -0.3 is 4.90 Å². The van der Waals surface area contributed by atoms with Crippen LogP contribution in [0.15, 0.2) is 24.7 Å². The van der Waals surface area contributed by atoms with Crippen LogP contribution in [0.2, 0.25) is 0 Å². The van der Waals surface area contributed by atoms with Crippen LogP contribution in [0.25, 0.3) is 0 Å². The Bertz CT molecular complexity index is 689. The number of nitrogens with zero attached hydrogens (tertiary/aromatic N) is 5. The summed E-state index contributed by atoms with van der Waals surface area (Å²) in [5, 5.41) is 12.2. The fraction of sp³-hybridized carbons (Fsp3) is 0.556. The Morgan fingerprint density at radius 3 is 2.62 bits per heavy atom. The third-order valence-corrected chi connectivity index (χ3v) is 5.05. The van der Waals surface area contributed by atoms with Gasteiger partial charge in [-0.3, -0.25) is 9.48 Å². The number of carbonyl (C=O) groups is 1. The molecule has 0 radical (unpaired) electrons. The summed E-state index contributed by atoms with van der Waals surface area (Å²) >= 11 is 0. The van der Waals surface area contributed by atoms with Crippen molar-refractivity contribution in [2.45, 2.75) is 52.5 Å². The fourth-order valence-electron chi connectivity index (χ4n) is 3.52. The van der Waals surface area contributed by atoms with Crippen LogP contribution in [-0.4, -0.2) is 32.4 Å². The quantitative estimate of drug-likeness (QED) is 0.863. The van der Waals surface area contributed by atoms with Gasteiger partial charge >= 0.3 is 0 Å². The summed E-state index contributed by atoms with van der Waals surface area (Å²) in [6.07, 6.45) is 9.68. The van der Waals surface area contributed by atoms with Crippen LogP contribution < -0.4 is 4.90 Å². The molecule has 3 rings (SSSR count). The summed E-state index contributed by atoms with van der Waals surface area (Å²) in [5.41, 5.74) is 2.39. The van der Waals surface area contributed by atoms with Gasteiger partial charge in [-0.05, 0) is 51.5 Å². The summed E-state index contributed by atoms with van der Waals surface area (Å²) in [6, 6.07) is 2.22. The average molecular weight is 327 g/mol. The molecule has 0 bridgehead atoms. The van der Waals surface area contributed by atoms with E-state index in [-0.39, 0.29) is 5.91 Å². The van der Waals surface area contributed by atoms with Crippen molar-refractivity contribution in [3.63, 3.8) is 0 Å². The zero-order valence-corrected chi connectivity index (χ0v) is 14.6. The largest absolute Gasteiger partial charge is 0.307 e. The minimum Gasteiger partial charge on any atom is -0.307 e. The van der Waals surface area contributed by atoms with E-state index in [0.29, 0.717) is 18.2 Å². The van der Waals surface area contributed by atoms with Gasteiger partial charge in [0.25, 0.3) is 5.91 Å². The van der Waals surface area contributed by atoms with Crippen molar-refractivity contribution in [1.82, 2.24) is 20.0 Å². The number of anilines is 1. The SMILES string of the molecule is CCN(C(=O)c1cnn(C2CCC(C)CC2)c1C)c1ccnnc1. The molecule has 2 aromatic heterocycles. The lowest BCUT2D eigenvalue weighted by atomic mass is 9.87. The topological polar surface area (TPSA) is 63.9 Å². The van der Waals surface area contributed by atoms with Gasteiger partial charge in [-0.2, -0.15) is 15.3 Å². The first-order valence-corrected chi connectivity index (χ1v) is 8.74. The smallest absolute Gasteiger partial charge is 0.261 e. The van der Waals surface area contributed by atoms with Crippen molar-refractivity contribution in [2.75, 3.05) is 11.4 Å². The molecule has 0 atom stereocenters. The second-order valence-corrected chi connectivity index (χ2v) is 6.65. The summed E-state index contributed by atoms with van der Waals surface area (Å²) in [6.45, 7) is 6.84. The zero-order chi connectivity index (χ0) is 17.1. The Morgan fingerprint density at radius 1 is 1.25 bits per heavy atom. The number of amides is 1. The lowest BCUT2D eigenvalue weighted by molar-refractivity contribution is 0.0987. The number of hydrogen-bond donors (Lipinski definition) is 0. The molecule has 1 aliphatic carbocycles. The molecule has 6 nitrogen and oxygen atoms in total. The molecule has 2 aromatic rings.